The van der Waals surface area contributed by atoms with Crippen molar-refractivity contribution >= 4 is 5.97 Å². The van der Waals surface area contributed by atoms with Crippen molar-refractivity contribution in [3.05, 3.63) is 48.2 Å². The van der Waals surface area contributed by atoms with Gasteiger partial charge in [-0.15, -0.1) is 0 Å². The maximum absolute atomic E-state index is 11.8. The molecule has 2 aromatic rings. The van der Waals surface area contributed by atoms with Crippen LogP contribution in [0.3, 0.4) is 0 Å². The van der Waals surface area contributed by atoms with Crippen LogP contribution in [0.15, 0.2) is 47.1 Å². The van der Waals surface area contributed by atoms with E-state index in [2.05, 4.69) is 17.0 Å². The number of rotatable bonds is 4. The fraction of sp³-hybridized carbons (Fsp3) is 0.421. The minimum Gasteiger partial charge on any atom is -0.481 e. The van der Waals surface area contributed by atoms with Gasteiger partial charge in [-0.1, -0.05) is 18.2 Å². The lowest BCUT2D eigenvalue weighted by Gasteiger charge is -2.34. The molecule has 3 heterocycles. The van der Waals surface area contributed by atoms with Crippen molar-refractivity contribution in [1.29, 1.82) is 0 Å². The lowest BCUT2D eigenvalue weighted by molar-refractivity contribution is -0.159. The highest BCUT2D eigenvalue weighted by Crippen LogP contribution is 2.42. The van der Waals surface area contributed by atoms with E-state index in [1.165, 1.54) is 5.56 Å². The third kappa shape index (κ3) is 2.64. The Labute approximate surface area is 140 Å². The molecule has 0 spiro atoms. The van der Waals surface area contributed by atoms with Crippen molar-refractivity contribution in [1.82, 2.24) is 4.90 Å². The van der Waals surface area contributed by atoms with Crippen LogP contribution >= 0.6 is 0 Å². The summed E-state index contributed by atoms with van der Waals surface area (Å²) >= 11 is 0. The van der Waals surface area contributed by atoms with Crippen LogP contribution in [-0.2, 0) is 16.1 Å². The summed E-state index contributed by atoms with van der Waals surface area (Å²) in [5, 5.41) is 9.73. The highest BCUT2D eigenvalue weighted by atomic mass is 16.5. The topological polar surface area (TPSA) is 62.9 Å². The lowest BCUT2D eigenvalue weighted by atomic mass is 9.76. The van der Waals surface area contributed by atoms with Crippen LogP contribution in [0.1, 0.15) is 12.0 Å². The van der Waals surface area contributed by atoms with Crippen molar-refractivity contribution in [2.24, 2.45) is 11.3 Å². The number of hydrogen-bond donors (Lipinski definition) is 1. The number of ether oxygens (including phenoxy) is 1. The molecule has 2 atom stereocenters. The molecule has 0 bridgehead atoms. The molecule has 1 aromatic carbocycles. The van der Waals surface area contributed by atoms with Crippen LogP contribution in [-0.4, -0.2) is 42.3 Å². The fourth-order valence-electron chi connectivity index (χ4n) is 4.04. The summed E-state index contributed by atoms with van der Waals surface area (Å²) in [7, 11) is 0. The van der Waals surface area contributed by atoms with Crippen LogP contribution in [0.5, 0.6) is 0 Å². The largest absolute Gasteiger partial charge is 0.481 e. The van der Waals surface area contributed by atoms with Gasteiger partial charge in [-0.2, -0.15) is 0 Å². The first kappa shape index (κ1) is 15.4. The molecule has 2 aliphatic heterocycles. The number of carbonyl (C=O) groups is 1. The van der Waals surface area contributed by atoms with Gasteiger partial charge in [0, 0.05) is 31.8 Å². The van der Waals surface area contributed by atoms with E-state index in [4.69, 9.17) is 9.15 Å². The number of carboxylic acid groups (broad SMARTS) is 1. The van der Waals surface area contributed by atoms with Gasteiger partial charge in [0.15, 0.2) is 0 Å². The first-order valence-electron chi connectivity index (χ1n) is 8.34. The third-order valence-corrected chi connectivity index (χ3v) is 5.30. The Morgan fingerprint density at radius 2 is 2.25 bits per heavy atom. The van der Waals surface area contributed by atoms with E-state index in [-0.39, 0.29) is 5.92 Å². The number of likely N-dealkylation sites (tertiary alicyclic amines) is 1. The summed E-state index contributed by atoms with van der Waals surface area (Å²) in [5.41, 5.74) is 1.48. The van der Waals surface area contributed by atoms with Crippen LogP contribution < -0.4 is 0 Å². The molecule has 0 unspecified atom stereocenters. The Bertz CT molecular complexity index is 727. The first-order valence-corrected chi connectivity index (χ1v) is 8.34. The summed E-state index contributed by atoms with van der Waals surface area (Å²) in [4.78, 5) is 14.1. The van der Waals surface area contributed by atoms with E-state index in [1.807, 2.05) is 24.3 Å². The first-order chi connectivity index (χ1) is 11.7. The highest BCUT2D eigenvalue weighted by Gasteiger charge is 2.53. The average molecular weight is 327 g/mol. The second-order valence-electron chi connectivity index (χ2n) is 6.85. The predicted octanol–water partition coefficient (Wildman–Crippen LogP) is 2.87. The normalized spacial score (nSPS) is 27.1. The van der Waals surface area contributed by atoms with Gasteiger partial charge < -0.3 is 14.3 Å². The molecule has 0 saturated carbocycles. The molecule has 5 nitrogen and oxygen atoms in total. The molecular formula is C19H21NO4. The summed E-state index contributed by atoms with van der Waals surface area (Å²) in [6.45, 7) is 3.12. The standard InChI is InChI=1S/C19H21NO4/c21-18(22)19-12-20(11-16(19)6-8-23-13-19)10-14-3-1-4-15(9-14)17-5-2-7-24-17/h1-5,7,9,16H,6,8,10-13H2,(H,21,22)/t16-,19+/m0/s1. The minimum atomic E-state index is -0.739. The number of carboxylic acids is 1. The highest BCUT2D eigenvalue weighted by molar-refractivity contribution is 5.76. The second-order valence-corrected chi connectivity index (χ2v) is 6.85. The van der Waals surface area contributed by atoms with Crippen molar-refractivity contribution < 1.29 is 19.1 Å². The summed E-state index contributed by atoms with van der Waals surface area (Å²) in [5.74, 6) is 0.304. The number of aliphatic carboxylic acids is 1. The summed E-state index contributed by atoms with van der Waals surface area (Å²) < 4.78 is 11.0. The zero-order valence-electron chi connectivity index (χ0n) is 13.5. The predicted molar refractivity (Wildman–Crippen MR) is 88.4 cm³/mol. The molecule has 126 valence electrons. The van der Waals surface area contributed by atoms with Crippen LogP contribution in [0.2, 0.25) is 0 Å². The molecule has 24 heavy (non-hydrogen) atoms. The molecule has 2 fully saturated rings. The number of hydrogen-bond acceptors (Lipinski definition) is 4. The number of furan rings is 1. The molecule has 0 amide bonds. The molecular weight excluding hydrogens is 306 g/mol. The van der Waals surface area contributed by atoms with E-state index in [0.717, 1.165) is 30.8 Å². The SMILES string of the molecule is O=C(O)[C@]12COCC[C@H]1CN(Cc1cccc(-c3ccco3)c1)C2. The third-order valence-electron chi connectivity index (χ3n) is 5.30. The number of fused-ring (bicyclic) bond motifs is 1. The Balaban J connectivity index is 1.52. The van der Waals surface area contributed by atoms with Gasteiger partial charge in [0.1, 0.15) is 11.2 Å². The molecule has 0 radical (unpaired) electrons. The molecule has 1 N–H and O–H groups in total. The maximum atomic E-state index is 11.8. The van der Waals surface area contributed by atoms with Crippen LogP contribution in [0.25, 0.3) is 11.3 Å². The quantitative estimate of drug-likeness (QED) is 0.935. The van der Waals surface area contributed by atoms with E-state index in [0.29, 0.717) is 19.8 Å². The summed E-state index contributed by atoms with van der Waals surface area (Å²) in [6.07, 6.45) is 2.50. The second kappa shape index (κ2) is 6.07. The Hall–Kier alpha value is -2.11. The van der Waals surface area contributed by atoms with Gasteiger partial charge in [-0.05, 0) is 36.1 Å². The molecule has 1 aromatic heterocycles. The van der Waals surface area contributed by atoms with Gasteiger partial charge in [0.05, 0.1) is 12.9 Å². The van der Waals surface area contributed by atoms with Crippen LogP contribution in [0.4, 0.5) is 0 Å². The van der Waals surface area contributed by atoms with Gasteiger partial charge in [-0.25, -0.2) is 0 Å². The van der Waals surface area contributed by atoms with Crippen molar-refractivity contribution in [2.45, 2.75) is 13.0 Å². The van der Waals surface area contributed by atoms with Gasteiger partial charge in [-0.3, -0.25) is 9.69 Å². The van der Waals surface area contributed by atoms with Crippen molar-refractivity contribution in [2.75, 3.05) is 26.3 Å². The number of benzene rings is 1. The van der Waals surface area contributed by atoms with Crippen LogP contribution in [0, 0.1) is 11.3 Å². The van der Waals surface area contributed by atoms with E-state index >= 15 is 0 Å². The zero-order chi connectivity index (χ0) is 16.6. The summed E-state index contributed by atoms with van der Waals surface area (Å²) in [6, 6.07) is 12.1. The monoisotopic (exact) mass is 327 g/mol. The van der Waals surface area contributed by atoms with Crippen molar-refractivity contribution in [3.8, 4) is 11.3 Å². The molecule has 0 aliphatic carbocycles. The van der Waals surface area contributed by atoms with E-state index < -0.39 is 11.4 Å². The fourth-order valence-corrected chi connectivity index (χ4v) is 4.04. The lowest BCUT2D eigenvalue weighted by Crippen LogP contribution is -2.46. The Kier molecular flexibility index (Phi) is 3.90. The molecule has 5 heteroatoms. The zero-order valence-corrected chi connectivity index (χ0v) is 13.5. The molecule has 4 rings (SSSR count). The van der Waals surface area contributed by atoms with Gasteiger partial charge >= 0.3 is 5.97 Å². The molecule has 2 aliphatic rings. The van der Waals surface area contributed by atoms with Gasteiger partial charge in [0.2, 0.25) is 0 Å². The Morgan fingerprint density at radius 3 is 3.00 bits per heavy atom. The number of nitrogens with zero attached hydrogens (tertiary/aromatic N) is 1. The van der Waals surface area contributed by atoms with Crippen molar-refractivity contribution in [3.63, 3.8) is 0 Å². The van der Waals surface area contributed by atoms with E-state index in [1.54, 1.807) is 6.26 Å². The average Bonchev–Trinajstić information content (AvgIpc) is 3.23. The minimum absolute atomic E-state index is 0.178. The maximum Gasteiger partial charge on any atom is 0.313 e. The Morgan fingerprint density at radius 1 is 1.33 bits per heavy atom. The van der Waals surface area contributed by atoms with Gasteiger partial charge in [0.25, 0.3) is 0 Å². The smallest absolute Gasteiger partial charge is 0.313 e. The molecule has 2 saturated heterocycles. The van der Waals surface area contributed by atoms with E-state index in [9.17, 15) is 9.90 Å².